The summed E-state index contributed by atoms with van der Waals surface area (Å²) in [4.78, 5) is 34.8. The van der Waals surface area contributed by atoms with Crippen molar-refractivity contribution >= 4 is 29.2 Å². The molecule has 4 aromatic rings. The van der Waals surface area contributed by atoms with Gasteiger partial charge in [-0.25, -0.2) is 24.7 Å². The third-order valence-electron chi connectivity index (χ3n) is 5.60. The molecule has 1 aromatic carbocycles. The molecule has 0 amide bonds. The highest BCUT2D eigenvalue weighted by Gasteiger charge is 2.18. The Morgan fingerprint density at radius 1 is 0.917 bits per heavy atom. The number of carbonyl (C=O) groups is 1. The van der Waals surface area contributed by atoms with E-state index < -0.39 is 0 Å². The van der Waals surface area contributed by atoms with Crippen LogP contribution in [0.15, 0.2) is 67.0 Å². The third-order valence-corrected chi connectivity index (χ3v) is 5.60. The summed E-state index contributed by atoms with van der Waals surface area (Å²) in [6, 6.07) is 16.3. The number of aryl methyl sites for hydroxylation is 1. The van der Waals surface area contributed by atoms with Gasteiger partial charge in [0.1, 0.15) is 23.4 Å². The number of carbonyl (C=O) groups excluding carboxylic acids is 1. The fourth-order valence-electron chi connectivity index (χ4n) is 3.82. The summed E-state index contributed by atoms with van der Waals surface area (Å²) in [5.41, 5.74) is 2.75. The van der Waals surface area contributed by atoms with E-state index in [2.05, 4.69) is 40.9 Å². The average Bonchev–Trinajstić information content (AvgIpc) is 2.90. The maximum Gasteiger partial charge on any atom is 0.338 e. The molecule has 4 heterocycles. The zero-order valence-corrected chi connectivity index (χ0v) is 19.8. The first-order chi connectivity index (χ1) is 17.6. The number of anilines is 4. The van der Waals surface area contributed by atoms with Gasteiger partial charge in [0.2, 0.25) is 5.95 Å². The normalized spacial score (nSPS) is 13.7. The van der Waals surface area contributed by atoms with Crippen molar-refractivity contribution in [3.8, 4) is 11.5 Å². The maximum absolute atomic E-state index is 12.6. The summed E-state index contributed by atoms with van der Waals surface area (Å²) >= 11 is 0. The van der Waals surface area contributed by atoms with Crippen molar-refractivity contribution in [2.75, 3.05) is 23.7 Å². The molecule has 0 aliphatic carbocycles. The Hall–Kier alpha value is -4.44. The van der Waals surface area contributed by atoms with Gasteiger partial charge in [0.15, 0.2) is 5.82 Å². The molecule has 0 spiro atoms. The van der Waals surface area contributed by atoms with Crippen LogP contribution >= 0.6 is 0 Å². The highest BCUT2D eigenvalue weighted by atomic mass is 16.5. The molecule has 3 aromatic heterocycles. The smallest absolute Gasteiger partial charge is 0.338 e. The van der Waals surface area contributed by atoms with Crippen LogP contribution in [0.1, 0.15) is 28.9 Å². The van der Waals surface area contributed by atoms with Crippen molar-refractivity contribution in [2.24, 2.45) is 0 Å². The summed E-state index contributed by atoms with van der Waals surface area (Å²) in [5.74, 6) is 1.69. The van der Waals surface area contributed by atoms with E-state index in [1.807, 2.05) is 31.2 Å². The van der Waals surface area contributed by atoms with E-state index in [0.29, 0.717) is 40.4 Å². The first-order valence-electron chi connectivity index (χ1n) is 11.8. The number of nitrogens with zero attached hydrogens (tertiary/aromatic N) is 5. The summed E-state index contributed by atoms with van der Waals surface area (Å²) in [7, 11) is 0. The van der Waals surface area contributed by atoms with Crippen LogP contribution in [0.25, 0.3) is 11.5 Å². The fraction of sp³-hybridized carbons (Fsp3) is 0.231. The van der Waals surface area contributed by atoms with Gasteiger partial charge < -0.3 is 20.7 Å². The van der Waals surface area contributed by atoms with Crippen molar-refractivity contribution in [3.05, 3.63) is 78.2 Å². The molecular formula is C26H26N8O2. The van der Waals surface area contributed by atoms with Crippen molar-refractivity contribution < 1.29 is 9.53 Å². The Labute approximate surface area is 208 Å². The second-order valence-electron chi connectivity index (χ2n) is 8.38. The lowest BCUT2D eigenvalue weighted by Gasteiger charge is -2.22. The number of aromatic nitrogens is 5. The number of benzene rings is 1. The summed E-state index contributed by atoms with van der Waals surface area (Å²) in [5, 5.41) is 9.60. The molecule has 1 fully saturated rings. The topological polar surface area (TPSA) is 127 Å². The average molecular weight is 483 g/mol. The van der Waals surface area contributed by atoms with Crippen LogP contribution in [0.3, 0.4) is 0 Å². The van der Waals surface area contributed by atoms with Crippen molar-refractivity contribution in [3.63, 3.8) is 0 Å². The van der Waals surface area contributed by atoms with Crippen LogP contribution in [0.5, 0.6) is 0 Å². The highest BCUT2D eigenvalue weighted by Crippen LogP contribution is 2.20. The van der Waals surface area contributed by atoms with Crippen molar-refractivity contribution in [1.29, 1.82) is 0 Å². The monoisotopic (exact) mass is 482 g/mol. The molecule has 5 rings (SSSR count). The third kappa shape index (κ3) is 5.97. The Balaban J connectivity index is 1.26. The number of ether oxygens (including phenoxy) is 1. The minimum absolute atomic E-state index is 0.0505. The van der Waals surface area contributed by atoms with Crippen LogP contribution < -0.4 is 16.0 Å². The van der Waals surface area contributed by atoms with E-state index in [1.165, 1.54) is 0 Å². The minimum Gasteiger partial charge on any atom is -0.459 e. The van der Waals surface area contributed by atoms with Gasteiger partial charge in [0, 0.05) is 23.8 Å². The minimum atomic E-state index is -0.329. The summed E-state index contributed by atoms with van der Waals surface area (Å²) < 4.78 is 5.65. The Kier molecular flexibility index (Phi) is 7.04. The number of pyridine rings is 1. The van der Waals surface area contributed by atoms with Gasteiger partial charge in [-0.2, -0.15) is 4.98 Å². The summed E-state index contributed by atoms with van der Waals surface area (Å²) in [6.45, 7) is 3.65. The van der Waals surface area contributed by atoms with Crippen LogP contribution in [0.4, 0.5) is 23.3 Å². The largest absolute Gasteiger partial charge is 0.459 e. The SMILES string of the molecule is Cc1cccc(-c2nccc(Nc3ccnc(Nc4cccc(C(=O)OC5CCNCC5)c4)n3)n2)n1. The quantitative estimate of drug-likeness (QED) is 0.332. The second kappa shape index (κ2) is 10.9. The number of esters is 1. The lowest BCUT2D eigenvalue weighted by molar-refractivity contribution is 0.0229. The molecule has 1 aliphatic heterocycles. The standard InChI is InChI=1S/C26H26N8O2/c1-17-4-2-7-21(30-17)24-28-14-10-22(33-24)32-23-11-15-29-26(34-23)31-19-6-3-5-18(16-19)25(35)36-20-8-12-27-13-9-20/h2-7,10-11,14-16,20,27H,8-9,12-13H2,1H3,(H2,28,29,31,32,33,34). The van der Waals surface area contributed by atoms with Gasteiger partial charge in [-0.3, -0.25) is 0 Å². The van der Waals surface area contributed by atoms with E-state index in [0.717, 1.165) is 31.6 Å². The second-order valence-corrected chi connectivity index (χ2v) is 8.38. The Bertz CT molecular complexity index is 1360. The molecule has 1 aliphatic rings. The number of piperidine rings is 1. The molecular weight excluding hydrogens is 456 g/mol. The first kappa shape index (κ1) is 23.3. The zero-order valence-electron chi connectivity index (χ0n) is 19.8. The number of hydrogen-bond donors (Lipinski definition) is 3. The molecule has 1 saturated heterocycles. The maximum atomic E-state index is 12.6. The van der Waals surface area contributed by atoms with E-state index in [4.69, 9.17) is 4.74 Å². The van der Waals surface area contributed by atoms with Crippen LogP contribution in [0.2, 0.25) is 0 Å². The highest BCUT2D eigenvalue weighted by molar-refractivity contribution is 5.90. The number of hydrogen-bond acceptors (Lipinski definition) is 10. The molecule has 0 bridgehead atoms. The molecule has 10 nitrogen and oxygen atoms in total. The van der Waals surface area contributed by atoms with E-state index >= 15 is 0 Å². The van der Waals surface area contributed by atoms with Crippen LogP contribution in [-0.2, 0) is 4.74 Å². The molecule has 0 saturated carbocycles. The molecule has 0 atom stereocenters. The Morgan fingerprint density at radius 3 is 2.53 bits per heavy atom. The predicted molar refractivity (Wildman–Crippen MR) is 136 cm³/mol. The fourth-order valence-corrected chi connectivity index (χ4v) is 3.82. The molecule has 0 radical (unpaired) electrons. The van der Waals surface area contributed by atoms with Gasteiger partial charge in [-0.15, -0.1) is 0 Å². The molecule has 10 heteroatoms. The number of nitrogens with one attached hydrogen (secondary N) is 3. The van der Waals surface area contributed by atoms with E-state index in [-0.39, 0.29) is 12.1 Å². The van der Waals surface area contributed by atoms with Gasteiger partial charge >= 0.3 is 5.97 Å². The lowest BCUT2D eigenvalue weighted by atomic mass is 10.1. The molecule has 182 valence electrons. The van der Waals surface area contributed by atoms with Gasteiger partial charge in [0.05, 0.1) is 5.56 Å². The molecule has 3 N–H and O–H groups in total. The zero-order chi connectivity index (χ0) is 24.7. The Morgan fingerprint density at radius 2 is 1.69 bits per heavy atom. The predicted octanol–water partition coefficient (Wildman–Crippen LogP) is 4.03. The number of rotatable bonds is 7. The van der Waals surface area contributed by atoms with Crippen LogP contribution in [-0.4, -0.2) is 50.1 Å². The van der Waals surface area contributed by atoms with Gasteiger partial charge in [-0.1, -0.05) is 12.1 Å². The molecule has 36 heavy (non-hydrogen) atoms. The lowest BCUT2D eigenvalue weighted by Crippen LogP contribution is -2.33. The van der Waals surface area contributed by atoms with Crippen LogP contribution in [0, 0.1) is 6.92 Å². The molecule has 0 unspecified atom stereocenters. The van der Waals surface area contributed by atoms with E-state index in [9.17, 15) is 4.79 Å². The van der Waals surface area contributed by atoms with Crippen molar-refractivity contribution in [2.45, 2.75) is 25.9 Å². The van der Waals surface area contributed by atoms with Gasteiger partial charge in [-0.05, 0) is 75.3 Å². The van der Waals surface area contributed by atoms with Crippen molar-refractivity contribution in [1.82, 2.24) is 30.2 Å². The van der Waals surface area contributed by atoms with E-state index in [1.54, 1.807) is 42.7 Å². The first-order valence-corrected chi connectivity index (χ1v) is 11.8. The van der Waals surface area contributed by atoms with Gasteiger partial charge in [0.25, 0.3) is 0 Å². The summed E-state index contributed by atoms with van der Waals surface area (Å²) in [6.07, 6.45) is 4.91.